The van der Waals surface area contributed by atoms with Gasteiger partial charge in [-0.3, -0.25) is 4.79 Å². The number of halogens is 2. The average molecular weight is 361 g/mol. The highest BCUT2D eigenvalue weighted by Crippen LogP contribution is 2.25. The number of aromatic nitrogens is 3. The fraction of sp³-hybridized carbons (Fsp3) is 0.100. The first-order valence-corrected chi connectivity index (χ1v) is 6.41. The van der Waals surface area contributed by atoms with Gasteiger partial charge in [-0.25, -0.2) is 0 Å². The van der Waals surface area contributed by atoms with Crippen LogP contribution in [0.5, 0.6) is 0 Å². The molecule has 1 aromatic heterocycles. The standard InChI is InChI=1S/C10H7BrClN5O3/c11-6-1-2-8(7(12)3-6)14-9(18)4-16-5-13-10(15-16)17(19)20/h1-3,5H,4H2,(H,14,18). The van der Waals surface area contributed by atoms with Gasteiger partial charge in [0.25, 0.3) is 0 Å². The van der Waals surface area contributed by atoms with Gasteiger partial charge in [-0.05, 0) is 23.1 Å². The minimum Gasteiger partial charge on any atom is -0.390 e. The van der Waals surface area contributed by atoms with E-state index in [4.69, 9.17) is 11.6 Å². The second-order valence-electron chi connectivity index (χ2n) is 3.67. The van der Waals surface area contributed by atoms with E-state index < -0.39 is 16.8 Å². The normalized spacial score (nSPS) is 10.3. The molecule has 10 heteroatoms. The lowest BCUT2D eigenvalue weighted by Crippen LogP contribution is -2.19. The summed E-state index contributed by atoms with van der Waals surface area (Å²) in [5, 5.41) is 16.9. The molecule has 0 bridgehead atoms. The van der Waals surface area contributed by atoms with E-state index in [0.717, 1.165) is 15.5 Å². The molecule has 0 aliphatic carbocycles. The minimum absolute atomic E-state index is 0.201. The Hall–Kier alpha value is -2.00. The molecule has 0 saturated carbocycles. The highest BCUT2D eigenvalue weighted by molar-refractivity contribution is 9.10. The monoisotopic (exact) mass is 359 g/mol. The number of carbonyl (C=O) groups excluding carboxylic acids is 1. The lowest BCUT2D eigenvalue weighted by molar-refractivity contribution is -0.394. The second-order valence-corrected chi connectivity index (χ2v) is 4.99. The topological polar surface area (TPSA) is 103 Å². The summed E-state index contributed by atoms with van der Waals surface area (Å²) in [6, 6.07) is 4.99. The Kier molecular flexibility index (Phi) is 4.30. The van der Waals surface area contributed by atoms with Gasteiger partial charge in [0.05, 0.1) is 10.7 Å². The van der Waals surface area contributed by atoms with Crippen LogP contribution in [-0.4, -0.2) is 25.6 Å². The molecular formula is C10H7BrClN5O3. The molecule has 0 atom stereocenters. The van der Waals surface area contributed by atoms with Crippen LogP contribution >= 0.6 is 27.5 Å². The maximum absolute atomic E-state index is 11.8. The van der Waals surface area contributed by atoms with Crippen LogP contribution in [0.25, 0.3) is 0 Å². The Labute approximate surface area is 126 Å². The number of anilines is 1. The summed E-state index contributed by atoms with van der Waals surface area (Å²) in [7, 11) is 0. The van der Waals surface area contributed by atoms with E-state index in [2.05, 4.69) is 31.3 Å². The van der Waals surface area contributed by atoms with Crippen molar-refractivity contribution in [2.45, 2.75) is 6.54 Å². The first-order valence-electron chi connectivity index (χ1n) is 5.24. The first kappa shape index (κ1) is 14.4. The van der Waals surface area contributed by atoms with Gasteiger partial charge in [-0.2, -0.15) is 4.68 Å². The van der Waals surface area contributed by atoms with Crippen LogP contribution in [0.3, 0.4) is 0 Å². The number of amides is 1. The Morgan fingerprint density at radius 2 is 2.30 bits per heavy atom. The van der Waals surface area contributed by atoms with Crippen molar-refractivity contribution >= 4 is 45.1 Å². The summed E-state index contributed by atoms with van der Waals surface area (Å²) in [4.78, 5) is 24.9. The van der Waals surface area contributed by atoms with Crippen molar-refractivity contribution in [1.82, 2.24) is 14.8 Å². The van der Waals surface area contributed by atoms with Gasteiger partial charge in [0.15, 0.2) is 0 Å². The fourth-order valence-corrected chi connectivity index (χ4v) is 2.09. The van der Waals surface area contributed by atoms with Crippen molar-refractivity contribution < 1.29 is 9.72 Å². The van der Waals surface area contributed by atoms with Crippen molar-refractivity contribution in [3.8, 4) is 0 Å². The van der Waals surface area contributed by atoms with E-state index in [1.54, 1.807) is 18.2 Å². The van der Waals surface area contributed by atoms with Crippen LogP contribution in [0, 0.1) is 10.1 Å². The summed E-state index contributed by atoms with van der Waals surface area (Å²) in [5.74, 6) is -0.978. The number of nitrogens with one attached hydrogen (secondary N) is 1. The van der Waals surface area contributed by atoms with Crippen molar-refractivity contribution in [3.63, 3.8) is 0 Å². The predicted octanol–water partition coefficient (Wildman–Crippen LogP) is 2.24. The molecule has 1 heterocycles. The molecule has 104 valence electrons. The molecule has 1 aromatic carbocycles. The summed E-state index contributed by atoms with van der Waals surface area (Å²) < 4.78 is 1.85. The number of carbonyl (C=O) groups is 1. The van der Waals surface area contributed by atoms with Gasteiger partial charge in [0.2, 0.25) is 12.2 Å². The van der Waals surface area contributed by atoms with Crippen molar-refractivity contribution in [2.75, 3.05) is 5.32 Å². The van der Waals surface area contributed by atoms with E-state index in [0.29, 0.717) is 10.7 Å². The third-order valence-electron chi connectivity index (χ3n) is 2.20. The fourth-order valence-electron chi connectivity index (χ4n) is 1.37. The van der Waals surface area contributed by atoms with E-state index in [9.17, 15) is 14.9 Å². The number of rotatable bonds is 4. The van der Waals surface area contributed by atoms with Crippen LogP contribution in [0.1, 0.15) is 0 Å². The smallest absolute Gasteiger partial charge is 0.390 e. The zero-order valence-electron chi connectivity index (χ0n) is 9.79. The zero-order chi connectivity index (χ0) is 14.7. The third-order valence-corrected chi connectivity index (χ3v) is 3.00. The van der Waals surface area contributed by atoms with Gasteiger partial charge in [-0.1, -0.05) is 32.5 Å². The summed E-state index contributed by atoms with van der Waals surface area (Å²) in [6.07, 6.45) is 1.11. The second kappa shape index (κ2) is 5.97. The molecule has 0 fully saturated rings. The molecule has 2 rings (SSSR count). The van der Waals surface area contributed by atoms with E-state index in [-0.39, 0.29) is 6.54 Å². The molecule has 1 amide bonds. The predicted molar refractivity (Wildman–Crippen MR) is 74.5 cm³/mol. The lowest BCUT2D eigenvalue weighted by atomic mass is 10.3. The molecule has 0 aliphatic rings. The summed E-state index contributed by atoms with van der Waals surface area (Å²) >= 11 is 9.20. The molecule has 0 saturated heterocycles. The van der Waals surface area contributed by atoms with Crippen LogP contribution in [0.2, 0.25) is 5.02 Å². The average Bonchev–Trinajstić information content (AvgIpc) is 2.81. The van der Waals surface area contributed by atoms with E-state index >= 15 is 0 Å². The van der Waals surface area contributed by atoms with Gasteiger partial charge in [-0.15, -0.1) is 0 Å². The highest BCUT2D eigenvalue weighted by atomic mass is 79.9. The number of nitro groups is 1. The molecule has 20 heavy (non-hydrogen) atoms. The van der Waals surface area contributed by atoms with Crippen molar-refractivity contribution in [2.24, 2.45) is 0 Å². The molecular weight excluding hydrogens is 353 g/mol. The quantitative estimate of drug-likeness (QED) is 0.665. The largest absolute Gasteiger partial charge is 0.490 e. The maximum Gasteiger partial charge on any atom is 0.490 e. The Balaban J connectivity index is 2.03. The van der Waals surface area contributed by atoms with Crippen LogP contribution in [-0.2, 0) is 11.3 Å². The van der Waals surface area contributed by atoms with Crippen molar-refractivity contribution in [1.29, 1.82) is 0 Å². The first-order chi connectivity index (χ1) is 9.45. The van der Waals surface area contributed by atoms with Crippen LogP contribution < -0.4 is 5.32 Å². The Morgan fingerprint density at radius 3 is 2.90 bits per heavy atom. The highest BCUT2D eigenvalue weighted by Gasteiger charge is 2.15. The van der Waals surface area contributed by atoms with Crippen LogP contribution in [0.15, 0.2) is 29.0 Å². The third kappa shape index (κ3) is 3.52. The SMILES string of the molecule is O=C(Cn1cnc([N+](=O)[O-])n1)Nc1ccc(Br)cc1Cl. The molecule has 0 spiro atoms. The molecule has 8 nitrogen and oxygen atoms in total. The Bertz CT molecular complexity index is 675. The number of hydrogen-bond donors (Lipinski definition) is 1. The minimum atomic E-state index is -0.736. The molecule has 2 aromatic rings. The van der Waals surface area contributed by atoms with E-state index in [1.807, 2.05) is 0 Å². The molecule has 0 unspecified atom stereocenters. The van der Waals surface area contributed by atoms with Gasteiger partial charge >= 0.3 is 5.95 Å². The maximum atomic E-state index is 11.8. The lowest BCUT2D eigenvalue weighted by Gasteiger charge is -2.06. The number of benzene rings is 1. The number of nitrogens with zero attached hydrogens (tertiary/aromatic N) is 4. The van der Waals surface area contributed by atoms with Crippen molar-refractivity contribution in [3.05, 3.63) is 44.1 Å². The Morgan fingerprint density at radius 1 is 1.55 bits per heavy atom. The summed E-state index contributed by atoms with van der Waals surface area (Å²) in [5.41, 5.74) is 0.439. The van der Waals surface area contributed by atoms with Gasteiger partial charge in [0.1, 0.15) is 6.54 Å². The summed E-state index contributed by atoms with van der Waals surface area (Å²) in [6.45, 7) is -0.201. The van der Waals surface area contributed by atoms with E-state index in [1.165, 1.54) is 0 Å². The zero-order valence-corrected chi connectivity index (χ0v) is 12.1. The van der Waals surface area contributed by atoms with Crippen LogP contribution in [0.4, 0.5) is 11.6 Å². The molecule has 0 aliphatic heterocycles. The van der Waals surface area contributed by atoms with Gasteiger partial charge < -0.3 is 15.4 Å². The van der Waals surface area contributed by atoms with Gasteiger partial charge in [0, 0.05) is 9.57 Å². The molecule has 0 radical (unpaired) electrons. The number of hydrogen-bond acceptors (Lipinski definition) is 5. The molecule has 1 N–H and O–H groups in total.